The first kappa shape index (κ1) is 59.8. The van der Waals surface area contributed by atoms with Gasteiger partial charge in [0.25, 0.3) is 11.8 Å². The molecular weight excluding hydrogens is 1080 g/mol. The lowest BCUT2D eigenvalue weighted by Crippen LogP contribution is -2.44. The van der Waals surface area contributed by atoms with Crippen molar-refractivity contribution in [2.45, 2.75) is 110 Å². The summed E-state index contributed by atoms with van der Waals surface area (Å²) in [7, 11) is 5.23. The maximum Gasteiger partial charge on any atom is 0.260 e. The van der Waals surface area contributed by atoms with Crippen molar-refractivity contribution >= 4 is 81.8 Å². The monoisotopic (exact) mass is 1160 g/mol. The van der Waals surface area contributed by atoms with Gasteiger partial charge in [-0.3, -0.25) is 43.7 Å². The Hall–Kier alpha value is -8.32. The minimum absolute atomic E-state index is 0.0377. The van der Waals surface area contributed by atoms with Crippen LogP contribution >= 0.6 is 0 Å². The number of fused-ring (bicyclic) bond motifs is 4. The Morgan fingerprint density at radius 3 is 1.73 bits per heavy atom. The van der Waals surface area contributed by atoms with E-state index in [0.717, 1.165) is 54.9 Å². The zero-order chi connectivity index (χ0) is 59.9. The first-order valence-corrected chi connectivity index (χ1v) is 30.0. The van der Waals surface area contributed by atoms with Crippen molar-refractivity contribution < 1.29 is 47.7 Å². The number of benzene rings is 4. The van der Waals surface area contributed by atoms with Crippen molar-refractivity contribution in [3.63, 3.8) is 0 Å². The van der Waals surface area contributed by atoms with E-state index in [4.69, 9.17) is 28.9 Å². The fourth-order valence-corrected chi connectivity index (χ4v) is 11.8. The average Bonchev–Trinajstić information content (AvgIpc) is 4.23. The van der Waals surface area contributed by atoms with Crippen LogP contribution in [0.3, 0.4) is 0 Å². The third-order valence-corrected chi connectivity index (χ3v) is 17.1. The summed E-state index contributed by atoms with van der Waals surface area (Å²) in [6.45, 7) is 12.8. The normalized spacial score (nSPS) is 19.8. The molecule has 2 fully saturated rings. The van der Waals surface area contributed by atoms with Crippen LogP contribution in [0.4, 0.5) is 22.7 Å². The summed E-state index contributed by atoms with van der Waals surface area (Å²) in [6.07, 6.45) is 13.1. The lowest BCUT2D eigenvalue weighted by atomic mass is 9.94. The molecule has 6 aliphatic heterocycles. The van der Waals surface area contributed by atoms with Crippen LogP contribution in [-0.2, 0) is 19.2 Å². The number of methoxy groups -OCH3 is 2. The van der Waals surface area contributed by atoms with Gasteiger partial charge in [-0.2, -0.15) is 0 Å². The molecule has 2 saturated heterocycles. The number of hydrogen-bond acceptors (Lipinski definition) is 14. The van der Waals surface area contributed by atoms with Gasteiger partial charge in [0.2, 0.25) is 23.6 Å². The number of piperazine rings is 1. The Labute approximate surface area is 498 Å². The molecule has 19 heteroatoms. The van der Waals surface area contributed by atoms with Crippen molar-refractivity contribution in [1.82, 2.24) is 24.9 Å². The highest BCUT2D eigenvalue weighted by molar-refractivity contribution is 6.07. The zero-order valence-corrected chi connectivity index (χ0v) is 49.9. The van der Waals surface area contributed by atoms with Gasteiger partial charge in [-0.15, -0.1) is 0 Å². The molecule has 448 valence electrons. The third-order valence-electron chi connectivity index (χ3n) is 17.1. The molecule has 6 amide bonds. The van der Waals surface area contributed by atoms with Gasteiger partial charge in [0.15, 0.2) is 23.0 Å². The van der Waals surface area contributed by atoms with Crippen LogP contribution in [0.5, 0.6) is 23.0 Å². The van der Waals surface area contributed by atoms with Crippen LogP contribution in [-0.4, -0.2) is 153 Å². The number of hydrogen-bond donors (Lipinski definition) is 2. The van der Waals surface area contributed by atoms with E-state index < -0.39 is 0 Å². The van der Waals surface area contributed by atoms with Crippen molar-refractivity contribution in [2.75, 3.05) is 77.4 Å². The van der Waals surface area contributed by atoms with Gasteiger partial charge < -0.3 is 49.2 Å². The zero-order valence-electron chi connectivity index (χ0n) is 49.9. The van der Waals surface area contributed by atoms with E-state index in [0.29, 0.717) is 109 Å². The summed E-state index contributed by atoms with van der Waals surface area (Å²) in [6, 6.07) is 22.5. The summed E-state index contributed by atoms with van der Waals surface area (Å²) in [5.41, 5.74) is 7.72. The van der Waals surface area contributed by atoms with Crippen LogP contribution in [0.25, 0.3) is 11.1 Å². The number of likely N-dealkylation sites (tertiary alicyclic amines) is 1. The molecule has 0 radical (unpaired) electrons. The highest BCUT2D eigenvalue weighted by atomic mass is 16.5. The summed E-state index contributed by atoms with van der Waals surface area (Å²) >= 11 is 0. The van der Waals surface area contributed by atoms with Gasteiger partial charge in [-0.25, -0.2) is 0 Å². The van der Waals surface area contributed by atoms with Gasteiger partial charge in [-0.05, 0) is 97.3 Å². The maximum absolute atomic E-state index is 14.2. The molecule has 4 aromatic rings. The van der Waals surface area contributed by atoms with Crippen molar-refractivity contribution in [3.8, 4) is 23.0 Å². The number of likely N-dealkylation sites (N-methyl/N-ethyl adjacent to an activating group) is 1. The summed E-state index contributed by atoms with van der Waals surface area (Å²) in [4.78, 5) is 97.8. The molecule has 5 atom stereocenters. The molecule has 19 nitrogen and oxygen atoms in total. The highest BCUT2D eigenvalue weighted by Crippen LogP contribution is 2.42. The Balaban J connectivity index is 0.674. The molecule has 10 rings (SSSR count). The number of carbonyl (C=O) groups excluding carboxylic acids is 6. The van der Waals surface area contributed by atoms with E-state index in [9.17, 15) is 28.8 Å². The number of amides is 6. The lowest BCUT2D eigenvalue weighted by molar-refractivity contribution is -0.139. The molecule has 6 aliphatic rings. The van der Waals surface area contributed by atoms with E-state index >= 15 is 0 Å². The number of ether oxygens (including phenoxy) is 4. The topological polar surface area (TPSA) is 204 Å². The lowest BCUT2D eigenvalue weighted by Gasteiger charge is -2.34. The molecule has 0 aliphatic carbocycles. The van der Waals surface area contributed by atoms with Crippen LogP contribution in [0, 0.1) is 17.8 Å². The van der Waals surface area contributed by atoms with Crippen molar-refractivity contribution in [2.24, 2.45) is 27.7 Å². The van der Waals surface area contributed by atoms with E-state index in [1.165, 1.54) is 17.7 Å². The minimum Gasteiger partial charge on any atom is -0.493 e. The minimum atomic E-state index is -0.311. The van der Waals surface area contributed by atoms with E-state index in [-0.39, 0.29) is 91.0 Å². The molecule has 85 heavy (non-hydrogen) atoms. The number of carbonyl (C=O) groups is 6. The first-order chi connectivity index (χ1) is 41.0. The Bertz CT molecular complexity index is 3290. The molecule has 6 heterocycles. The second kappa shape index (κ2) is 26.7. The number of aliphatic imine (C=N–C) groups is 2. The predicted octanol–water partition coefficient (Wildman–Crippen LogP) is 9.70. The smallest absolute Gasteiger partial charge is 0.260 e. The fraction of sp³-hybridized carbons (Fsp3) is 0.455. The number of imide groups is 1. The largest absolute Gasteiger partial charge is 0.493 e. The van der Waals surface area contributed by atoms with Crippen LogP contribution in [0.15, 0.2) is 95.2 Å². The SMILES string of the molecule is COc1cc2c(cc1OCCCOc1cc3c(cc1OC)C(=O)N1C=C(c4ccc(N5CCN(C)CC5)cc4)C[C@H]1C=N3)N=C[C@@H]1CC(c3ccc(NC(=O)[C@H](C)CCC(NC(=O)CCCCCN4C(=O)CC(C)C4=O)C(C)C)cc3)=CN1C2=O. The molecule has 0 bridgehead atoms. The molecular formula is C66H79N9O10. The van der Waals surface area contributed by atoms with E-state index in [1.54, 1.807) is 54.3 Å². The van der Waals surface area contributed by atoms with Crippen LogP contribution in [0.2, 0.25) is 0 Å². The Morgan fingerprint density at radius 2 is 1.21 bits per heavy atom. The maximum atomic E-state index is 14.2. The number of rotatable bonds is 24. The fourth-order valence-electron chi connectivity index (χ4n) is 11.8. The highest BCUT2D eigenvalue weighted by Gasteiger charge is 2.37. The van der Waals surface area contributed by atoms with Crippen LogP contribution in [0.1, 0.15) is 124 Å². The molecule has 2 N–H and O–H groups in total. The molecule has 0 spiro atoms. The second-order valence-electron chi connectivity index (χ2n) is 23.5. The number of nitrogens with one attached hydrogen (secondary N) is 2. The third kappa shape index (κ3) is 13.8. The van der Waals surface area contributed by atoms with E-state index in [2.05, 4.69) is 65.6 Å². The van der Waals surface area contributed by atoms with Crippen molar-refractivity contribution in [3.05, 3.63) is 107 Å². The Morgan fingerprint density at radius 1 is 0.659 bits per heavy atom. The van der Waals surface area contributed by atoms with Crippen molar-refractivity contribution in [1.29, 1.82) is 0 Å². The van der Waals surface area contributed by atoms with Gasteiger partial charge >= 0.3 is 0 Å². The summed E-state index contributed by atoms with van der Waals surface area (Å²) < 4.78 is 23.9. The quantitative estimate of drug-likeness (QED) is 0.0497. The molecule has 4 aromatic carbocycles. The number of nitrogens with zero attached hydrogens (tertiary/aromatic N) is 7. The van der Waals surface area contributed by atoms with Gasteiger partial charge in [0, 0.05) is 131 Å². The van der Waals surface area contributed by atoms with E-state index in [1.807, 2.05) is 49.8 Å². The first-order valence-electron chi connectivity index (χ1n) is 30.0. The van der Waals surface area contributed by atoms with Crippen LogP contribution < -0.4 is 34.5 Å². The second-order valence-corrected chi connectivity index (χ2v) is 23.5. The number of anilines is 2. The standard InChI is InChI=1S/C66H79N9O10/c1-41(2)54(70-61(76)12-9-8-10-23-73-62(77)30-43(4)64(73)79)22-13-42(3)63(78)69-48-18-14-44(15-19-48)46-31-50-37-67-55-35-59(57(82-6)33-52(55)65(80)74(50)39-46)84-28-11-29-85-60-36-56-53(34-58(60)83-7)66(81)75-40-47(32-51(75)38-68-56)45-16-20-49(21-17-45)72-26-24-71(5)25-27-72/h14-21,33-43,50-51,54H,8-13,22-32H2,1-7H3,(H,69,78)(H,70,76)/t42-,43?,50+,51+,54?/m1/s1. The van der Waals surface area contributed by atoms with Gasteiger partial charge in [-0.1, -0.05) is 58.4 Å². The summed E-state index contributed by atoms with van der Waals surface area (Å²) in [5, 5.41) is 6.21. The van der Waals surface area contributed by atoms with Gasteiger partial charge in [0.1, 0.15) is 0 Å². The molecule has 2 unspecified atom stereocenters. The predicted molar refractivity (Wildman–Crippen MR) is 328 cm³/mol. The Kier molecular flexibility index (Phi) is 18.8. The average molecular weight is 1160 g/mol. The number of unbranched alkanes of at least 4 members (excludes halogenated alkanes) is 2. The molecule has 0 saturated carbocycles. The van der Waals surface area contributed by atoms with Gasteiger partial charge in [0.05, 0.1) is 62.0 Å². The molecule has 0 aromatic heterocycles. The summed E-state index contributed by atoms with van der Waals surface area (Å²) in [5.74, 6) is 0.606.